The van der Waals surface area contributed by atoms with E-state index in [2.05, 4.69) is 10.4 Å². The number of hydrogen-bond acceptors (Lipinski definition) is 6. The van der Waals surface area contributed by atoms with E-state index in [0.717, 1.165) is 0 Å². The van der Waals surface area contributed by atoms with Gasteiger partial charge in [-0.1, -0.05) is 0 Å². The molecular formula is C12H14N4O4S. The van der Waals surface area contributed by atoms with Gasteiger partial charge in [0, 0.05) is 13.6 Å². The Morgan fingerprint density at radius 1 is 1.67 bits per heavy atom. The van der Waals surface area contributed by atoms with Gasteiger partial charge in [-0.15, -0.1) is 0 Å². The molecule has 0 bridgehead atoms. The Morgan fingerprint density at radius 3 is 2.95 bits per heavy atom. The molecule has 1 atom stereocenters. The molecule has 0 saturated carbocycles. The topological polar surface area (TPSA) is 110 Å². The maximum atomic E-state index is 12.1. The second-order valence-electron chi connectivity index (χ2n) is 4.45. The largest absolute Gasteiger partial charge is 0.387 e. The van der Waals surface area contributed by atoms with Gasteiger partial charge >= 0.3 is 5.69 Å². The Bertz CT molecular complexity index is 665. The Kier molecular flexibility index (Phi) is 4.34. The Labute approximate surface area is 124 Å². The quantitative estimate of drug-likeness (QED) is 0.636. The lowest BCUT2D eigenvalue weighted by Gasteiger charge is -2.10. The van der Waals surface area contributed by atoms with Gasteiger partial charge in [0.05, 0.1) is 11.0 Å². The fourth-order valence-corrected chi connectivity index (χ4v) is 2.68. The average molecular weight is 310 g/mol. The Morgan fingerprint density at radius 2 is 2.38 bits per heavy atom. The number of hydrogen-bond donors (Lipinski definition) is 2. The van der Waals surface area contributed by atoms with Crippen molar-refractivity contribution in [2.45, 2.75) is 13.0 Å². The van der Waals surface area contributed by atoms with Gasteiger partial charge in [-0.25, -0.2) is 0 Å². The zero-order valence-corrected chi connectivity index (χ0v) is 12.3. The minimum Gasteiger partial charge on any atom is -0.387 e. The highest BCUT2D eigenvalue weighted by atomic mass is 32.1. The highest BCUT2D eigenvalue weighted by molar-refractivity contribution is 7.07. The van der Waals surface area contributed by atoms with Gasteiger partial charge in [-0.2, -0.15) is 16.4 Å². The van der Waals surface area contributed by atoms with Crippen molar-refractivity contribution in [3.8, 4) is 0 Å². The van der Waals surface area contributed by atoms with Crippen LogP contribution in [0.25, 0.3) is 0 Å². The number of carbonyl (C=O) groups is 1. The van der Waals surface area contributed by atoms with E-state index >= 15 is 0 Å². The molecular weight excluding hydrogens is 296 g/mol. The first-order valence-corrected chi connectivity index (χ1v) is 7.02. The molecule has 0 spiro atoms. The summed E-state index contributed by atoms with van der Waals surface area (Å²) >= 11 is 1.43. The Balaban J connectivity index is 2.12. The smallest absolute Gasteiger partial charge is 0.322 e. The van der Waals surface area contributed by atoms with Crippen LogP contribution in [0.1, 0.15) is 27.8 Å². The van der Waals surface area contributed by atoms with E-state index in [4.69, 9.17) is 0 Å². The van der Waals surface area contributed by atoms with Crippen LogP contribution in [0, 0.1) is 17.0 Å². The number of aliphatic hydroxyl groups excluding tert-OH is 1. The zero-order chi connectivity index (χ0) is 15.6. The molecule has 2 rings (SSSR count). The summed E-state index contributed by atoms with van der Waals surface area (Å²) in [6.07, 6.45) is -0.853. The van der Waals surface area contributed by atoms with E-state index in [9.17, 15) is 20.0 Å². The van der Waals surface area contributed by atoms with E-state index in [1.54, 1.807) is 11.4 Å². The number of thiophene rings is 1. The standard InChI is InChI=1S/C12H14N4O4S/c1-7-10(16(19)20)11(15(2)14-7)12(18)13-5-9(17)8-3-4-21-6-8/h3-4,6,9,17H,5H2,1-2H3,(H,13,18). The monoisotopic (exact) mass is 310 g/mol. The van der Waals surface area contributed by atoms with E-state index in [0.29, 0.717) is 5.56 Å². The number of carbonyl (C=O) groups excluding carboxylic acids is 1. The second kappa shape index (κ2) is 6.02. The first-order chi connectivity index (χ1) is 9.91. The Hall–Kier alpha value is -2.26. The van der Waals surface area contributed by atoms with Crippen LogP contribution in [0.5, 0.6) is 0 Å². The molecule has 112 valence electrons. The lowest BCUT2D eigenvalue weighted by atomic mass is 10.2. The molecule has 0 aliphatic carbocycles. The SMILES string of the molecule is Cc1nn(C)c(C(=O)NCC(O)c2ccsc2)c1[N+](=O)[O-]. The number of nitrogens with zero attached hydrogens (tertiary/aromatic N) is 3. The van der Waals surface area contributed by atoms with Crippen LogP contribution in [0.4, 0.5) is 5.69 Å². The molecule has 0 fully saturated rings. The molecule has 0 radical (unpaired) electrons. The summed E-state index contributed by atoms with van der Waals surface area (Å²) in [5.41, 5.74) is 0.414. The lowest BCUT2D eigenvalue weighted by Crippen LogP contribution is -2.30. The van der Waals surface area contributed by atoms with Crippen molar-refractivity contribution in [3.05, 3.63) is 43.9 Å². The van der Waals surface area contributed by atoms with E-state index < -0.39 is 16.9 Å². The zero-order valence-electron chi connectivity index (χ0n) is 11.4. The van der Waals surface area contributed by atoms with Crippen LogP contribution in [0.3, 0.4) is 0 Å². The van der Waals surface area contributed by atoms with Crippen molar-refractivity contribution in [1.29, 1.82) is 0 Å². The summed E-state index contributed by atoms with van der Waals surface area (Å²) in [5, 5.41) is 30.9. The fraction of sp³-hybridized carbons (Fsp3) is 0.333. The predicted molar refractivity (Wildman–Crippen MR) is 76.2 cm³/mol. The fourth-order valence-electron chi connectivity index (χ4n) is 1.98. The van der Waals surface area contributed by atoms with Gasteiger partial charge in [-0.3, -0.25) is 19.6 Å². The van der Waals surface area contributed by atoms with Crippen LogP contribution >= 0.6 is 11.3 Å². The number of nitrogens with one attached hydrogen (secondary N) is 1. The number of rotatable bonds is 5. The normalized spacial score (nSPS) is 12.1. The first kappa shape index (κ1) is 15.1. The molecule has 2 heterocycles. The van der Waals surface area contributed by atoms with Gasteiger partial charge in [0.1, 0.15) is 5.69 Å². The van der Waals surface area contributed by atoms with E-state index in [1.165, 1.54) is 30.0 Å². The molecule has 1 unspecified atom stereocenters. The van der Waals surface area contributed by atoms with Crippen LogP contribution in [-0.2, 0) is 7.05 Å². The van der Waals surface area contributed by atoms with Crippen molar-refractivity contribution in [3.63, 3.8) is 0 Å². The summed E-state index contributed by atoms with van der Waals surface area (Å²) in [6, 6.07) is 1.75. The molecule has 1 amide bonds. The van der Waals surface area contributed by atoms with Gasteiger partial charge in [0.15, 0.2) is 0 Å². The molecule has 2 aromatic heterocycles. The third-order valence-corrected chi connectivity index (χ3v) is 3.67. The van der Waals surface area contributed by atoms with Crippen LogP contribution in [0.15, 0.2) is 16.8 Å². The molecule has 8 nitrogen and oxygen atoms in total. The summed E-state index contributed by atoms with van der Waals surface area (Å²) in [7, 11) is 1.46. The van der Waals surface area contributed by atoms with Gasteiger partial charge in [0.2, 0.25) is 5.69 Å². The molecule has 2 aromatic rings. The summed E-state index contributed by atoms with van der Waals surface area (Å²) in [5.74, 6) is -0.640. The third-order valence-electron chi connectivity index (χ3n) is 2.97. The maximum Gasteiger partial charge on any atom is 0.322 e. The van der Waals surface area contributed by atoms with Crippen molar-refractivity contribution in [1.82, 2.24) is 15.1 Å². The summed E-state index contributed by atoms with van der Waals surface area (Å²) in [4.78, 5) is 22.5. The van der Waals surface area contributed by atoms with E-state index in [1.807, 2.05) is 5.38 Å². The van der Waals surface area contributed by atoms with Gasteiger partial charge < -0.3 is 10.4 Å². The van der Waals surface area contributed by atoms with Crippen LogP contribution < -0.4 is 5.32 Å². The third kappa shape index (κ3) is 3.09. The number of aryl methyl sites for hydroxylation is 2. The number of aliphatic hydroxyl groups is 1. The highest BCUT2D eigenvalue weighted by Crippen LogP contribution is 2.22. The maximum absolute atomic E-state index is 12.1. The van der Waals surface area contributed by atoms with Crippen molar-refractivity contribution in [2.75, 3.05) is 6.54 Å². The van der Waals surface area contributed by atoms with Crippen molar-refractivity contribution >= 4 is 22.9 Å². The predicted octanol–water partition coefficient (Wildman–Crippen LogP) is 1.16. The highest BCUT2D eigenvalue weighted by Gasteiger charge is 2.29. The van der Waals surface area contributed by atoms with Crippen LogP contribution in [0.2, 0.25) is 0 Å². The van der Waals surface area contributed by atoms with Crippen molar-refractivity contribution in [2.24, 2.45) is 7.05 Å². The summed E-state index contributed by atoms with van der Waals surface area (Å²) in [6.45, 7) is 1.44. The first-order valence-electron chi connectivity index (χ1n) is 6.08. The molecule has 0 aliphatic rings. The van der Waals surface area contributed by atoms with Gasteiger partial charge in [0.25, 0.3) is 5.91 Å². The van der Waals surface area contributed by atoms with Crippen molar-refractivity contribution < 1.29 is 14.8 Å². The minimum atomic E-state index is -0.853. The minimum absolute atomic E-state index is 0.0308. The molecule has 9 heteroatoms. The van der Waals surface area contributed by atoms with E-state index in [-0.39, 0.29) is 23.6 Å². The molecule has 21 heavy (non-hydrogen) atoms. The molecule has 0 aliphatic heterocycles. The molecule has 0 saturated heterocycles. The number of aromatic nitrogens is 2. The molecule has 0 aromatic carbocycles. The number of amides is 1. The lowest BCUT2D eigenvalue weighted by molar-refractivity contribution is -0.385. The molecule has 2 N–H and O–H groups in total. The number of nitro groups is 1. The second-order valence-corrected chi connectivity index (χ2v) is 5.23. The van der Waals surface area contributed by atoms with Gasteiger partial charge in [-0.05, 0) is 29.3 Å². The van der Waals surface area contributed by atoms with Crippen LogP contribution in [-0.4, -0.2) is 32.3 Å². The summed E-state index contributed by atoms with van der Waals surface area (Å²) < 4.78 is 1.17. The average Bonchev–Trinajstić information content (AvgIpc) is 3.03.